The van der Waals surface area contributed by atoms with Crippen LogP contribution in [0.25, 0.3) is 0 Å². The molecular weight excluding hydrogens is 220 g/mol. The quantitative estimate of drug-likeness (QED) is 0.544. The summed E-state index contributed by atoms with van der Waals surface area (Å²) in [6.07, 6.45) is 4.44. The van der Waals surface area contributed by atoms with Crippen LogP contribution in [0.5, 0.6) is 0 Å². The summed E-state index contributed by atoms with van der Waals surface area (Å²) in [5.74, 6) is 0.186. The van der Waals surface area contributed by atoms with Gasteiger partial charge in [-0.05, 0) is 5.57 Å². The lowest BCUT2D eigenvalue weighted by atomic mass is 10.1. The van der Waals surface area contributed by atoms with Gasteiger partial charge in [-0.3, -0.25) is 0 Å². The van der Waals surface area contributed by atoms with Gasteiger partial charge in [0.05, 0.1) is 25.6 Å². The van der Waals surface area contributed by atoms with Crippen LogP contribution in [0.2, 0.25) is 0 Å². The van der Waals surface area contributed by atoms with E-state index in [1.807, 2.05) is 11.0 Å². The molecule has 0 N–H and O–H groups in total. The first-order valence-corrected chi connectivity index (χ1v) is 4.97. The van der Waals surface area contributed by atoms with Crippen LogP contribution < -0.4 is 4.90 Å². The summed E-state index contributed by atoms with van der Waals surface area (Å²) in [6.45, 7) is 1.36. The third-order valence-electron chi connectivity index (χ3n) is 2.41. The molecule has 2 heterocycles. The third-order valence-corrected chi connectivity index (χ3v) is 2.41. The molecule has 0 radical (unpaired) electrons. The molecule has 1 aromatic rings. The summed E-state index contributed by atoms with van der Waals surface area (Å²) >= 11 is 0. The maximum absolute atomic E-state index is 11.1. The summed E-state index contributed by atoms with van der Waals surface area (Å²) in [7, 11) is 1.30. The number of methoxy groups -OCH3 is 1. The van der Waals surface area contributed by atoms with Crippen molar-refractivity contribution in [1.82, 2.24) is 9.97 Å². The van der Waals surface area contributed by atoms with E-state index in [2.05, 4.69) is 14.7 Å². The van der Waals surface area contributed by atoms with E-state index in [0.29, 0.717) is 18.9 Å². The lowest BCUT2D eigenvalue weighted by molar-refractivity contribution is 0.0593. The van der Waals surface area contributed by atoms with Crippen LogP contribution in [0.1, 0.15) is 10.5 Å². The van der Waals surface area contributed by atoms with Crippen molar-refractivity contribution >= 4 is 11.8 Å². The molecule has 0 aliphatic carbocycles. The highest BCUT2D eigenvalue weighted by Crippen LogP contribution is 2.20. The minimum absolute atomic E-state index is 0.185. The molecule has 1 aliphatic heterocycles. The molecule has 0 unspecified atom stereocenters. The van der Waals surface area contributed by atoms with E-state index in [9.17, 15) is 4.79 Å². The number of aromatic nitrogens is 2. The molecule has 6 heteroatoms. The van der Waals surface area contributed by atoms with Gasteiger partial charge in [0.1, 0.15) is 5.82 Å². The fraction of sp³-hybridized carbons (Fsp3) is 0.273. The SMILES string of the molecule is COC(=O)c1cnc(N2CC(=CC#N)C2)cn1. The largest absolute Gasteiger partial charge is 0.464 e. The van der Waals surface area contributed by atoms with Crippen molar-refractivity contribution in [3.63, 3.8) is 0 Å². The van der Waals surface area contributed by atoms with Crippen LogP contribution >= 0.6 is 0 Å². The minimum Gasteiger partial charge on any atom is -0.464 e. The molecule has 1 fully saturated rings. The maximum atomic E-state index is 11.1. The normalized spacial score (nSPS) is 13.6. The predicted octanol–water partition coefficient (Wildman–Crippen LogP) is 0.533. The van der Waals surface area contributed by atoms with Crippen molar-refractivity contribution in [2.24, 2.45) is 0 Å². The molecule has 6 nitrogen and oxygen atoms in total. The number of carbonyl (C=O) groups excluding carboxylic acids is 1. The van der Waals surface area contributed by atoms with Crippen molar-refractivity contribution in [2.45, 2.75) is 0 Å². The van der Waals surface area contributed by atoms with Crippen LogP contribution in [0.15, 0.2) is 24.0 Å². The molecule has 0 spiro atoms. The number of nitriles is 1. The third kappa shape index (κ3) is 2.23. The number of ether oxygens (including phenoxy) is 1. The zero-order valence-corrected chi connectivity index (χ0v) is 9.25. The van der Waals surface area contributed by atoms with Crippen LogP contribution in [0, 0.1) is 11.3 Å². The summed E-state index contributed by atoms with van der Waals surface area (Å²) in [5, 5.41) is 8.46. The minimum atomic E-state index is -0.502. The fourth-order valence-electron chi connectivity index (χ4n) is 1.48. The number of hydrogen-bond acceptors (Lipinski definition) is 6. The van der Waals surface area contributed by atoms with Gasteiger partial charge in [-0.15, -0.1) is 0 Å². The van der Waals surface area contributed by atoms with Gasteiger partial charge in [0.25, 0.3) is 0 Å². The van der Waals surface area contributed by atoms with Gasteiger partial charge in [-0.2, -0.15) is 5.26 Å². The van der Waals surface area contributed by atoms with E-state index in [1.165, 1.54) is 25.6 Å². The first kappa shape index (κ1) is 11.1. The van der Waals surface area contributed by atoms with Gasteiger partial charge in [0.2, 0.25) is 0 Å². The Kier molecular flexibility index (Phi) is 3.01. The van der Waals surface area contributed by atoms with Gasteiger partial charge in [-0.25, -0.2) is 14.8 Å². The summed E-state index contributed by atoms with van der Waals surface area (Å²) in [6, 6.07) is 1.99. The second kappa shape index (κ2) is 4.61. The number of carbonyl (C=O) groups is 1. The predicted molar refractivity (Wildman–Crippen MR) is 59.3 cm³/mol. The zero-order chi connectivity index (χ0) is 12.3. The topological polar surface area (TPSA) is 79.1 Å². The van der Waals surface area contributed by atoms with E-state index in [4.69, 9.17) is 5.26 Å². The number of esters is 1. The van der Waals surface area contributed by atoms with Crippen molar-refractivity contribution < 1.29 is 9.53 Å². The van der Waals surface area contributed by atoms with E-state index in [1.54, 1.807) is 0 Å². The van der Waals surface area contributed by atoms with E-state index in [0.717, 1.165) is 5.57 Å². The molecule has 1 aliphatic rings. The zero-order valence-electron chi connectivity index (χ0n) is 9.25. The number of anilines is 1. The maximum Gasteiger partial charge on any atom is 0.358 e. The Balaban J connectivity index is 2.03. The highest BCUT2D eigenvalue weighted by molar-refractivity contribution is 5.86. The van der Waals surface area contributed by atoms with Gasteiger partial charge < -0.3 is 9.64 Å². The number of rotatable bonds is 2. The second-order valence-electron chi connectivity index (χ2n) is 3.54. The van der Waals surface area contributed by atoms with Gasteiger partial charge in [0, 0.05) is 19.2 Å². The summed E-state index contributed by atoms with van der Waals surface area (Å²) in [4.78, 5) is 21.2. The molecular formula is C11H10N4O2. The summed E-state index contributed by atoms with van der Waals surface area (Å²) < 4.78 is 4.53. The van der Waals surface area contributed by atoms with Crippen LogP contribution in [0.4, 0.5) is 5.82 Å². The molecule has 0 atom stereocenters. The monoisotopic (exact) mass is 230 g/mol. The number of allylic oxidation sites excluding steroid dienone is 1. The molecule has 1 aromatic heterocycles. The number of nitrogens with zero attached hydrogens (tertiary/aromatic N) is 4. The van der Waals surface area contributed by atoms with Crippen LogP contribution in [-0.2, 0) is 4.74 Å². The average molecular weight is 230 g/mol. The van der Waals surface area contributed by atoms with E-state index < -0.39 is 5.97 Å². The molecule has 2 rings (SSSR count). The van der Waals surface area contributed by atoms with E-state index >= 15 is 0 Å². The highest BCUT2D eigenvalue weighted by atomic mass is 16.5. The van der Waals surface area contributed by atoms with Crippen LogP contribution in [0.3, 0.4) is 0 Å². The second-order valence-corrected chi connectivity index (χ2v) is 3.54. The standard InChI is InChI=1S/C11H10N4O2/c1-17-11(16)9-4-14-10(5-13-9)15-6-8(7-15)2-3-12/h2,4-5H,6-7H2,1H3. The lowest BCUT2D eigenvalue weighted by Gasteiger charge is -2.34. The summed E-state index contributed by atoms with van der Waals surface area (Å²) in [5.41, 5.74) is 1.25. The van der Waals surface area contributed by atoms with Crippen molar-refractivity contribution in [3.8, 4) is 6.07 Å². The Morgan fingerprint density at radius 2 is 2.29 bits per heavy atom. The average Bonchev–Trinajstić information content (AvgIpc) is 2.32. The fourth-order valence-corrected chi connectivity index (χ4v) is 1.48. The first-order chi connectivity index (χ1) is 8.24. The first-order valence-electron chi connectivity index (χ1n) is 4.97. The smallest absolute Gasteiger partial charge is 0.358 e. The molecule has 86 valence electrons. The number of hydrogen-bond donors (Lipinski definition) is 0. The molecule has 17 heavy (non-hydrogen) atoms. The molecule has 0 saturated carbocycles. The van der Waals surface area contributed by atoms with Crippen molar-refractivity contribution in [3.05, 3.63) is 29.7 Å². The van der Waals surface area contributed by atoms with Gasteiger partial charge in [-0.1, -0.05) is 0 Å². The highest BCUT2D eigenvalue weighted by Gasteiger charge is 2.21. The van der Waals surface area contributed by atoms with E-state index in [-0.39, 0.29) is 5.69 Å². The molecule has 0 bridgehead atoms. The Bertz CT molecular complexity index is 493. The van der Waals surface area contributed by atoms with Crippen LogP contribution in [-0.4, -0.2) is 36.1 Å². The van der Waals surface area contributed by atoms with Gasteiger partial charge in [0.15, 0.2) is 5.69 Å². The Labute approximate surface area is 98.2 Å². The lowest BCUT2D eigenvalue weighted by Crippen LogP contribution is -2.40. The molecule has 1 saturated heterocycles. The van der Waals surface area contributed by atoms with Crippen molar-refractivity contribution in [2.75, 3.05) is 25.1 Å². The Morgan fingerprint density at radius 1 is 1.53 bits per heavy atom. The Hall–Kier alpha value is -2.42. The molecule has 0 amide bonds. The Morgan fingerprint density at radius 3 is 2.82 bits per heavy atom. The van der Waals surface area contributed by atoms with Crippen molar-refractivity contribution in [1.29, 1.82) is 5.26 Å². The van der Waals surface area contributed by atoms with Gasteiger partial charge >= 0.3 is 5.97 Å². The molecule has 0 aromatic carbocycles.